The van der Waals surface area contributed by atoms with Crippen molar-refractivity contribution >= 4 is 11.6 Å². The Morgan fingerprint density at radius 2 is 2.10 bits per heavy atom. The van der Waals surface area contributed by atoms with E-state index in [1.807, 2.05) is 24.3 Å². The van der Waals surface area contributed by atoms with Gasteiger partial charge in [0.25, 0.3) is 0 Å². The predicted octanol–water partition coefficient (Wildman–Crippen LogP) is 1.46. The van der Waals surface area contributed by atoms with Crippen LogP contribution >= 0.6 is 0 Å². The van der Waals surface area contributed by atoms with Crippen molar-refractivity contribution in [3.05, 3.63) is 29.8 Å². The maximum Gasteiger partial charge on any atom is 0.249 e. The first-order valence-corrected chi connectivity index (χ1v) is 7.52. The molecule has 1 aromatic carbocycles. The smallest absolute Gasteiger partial charge is 0.249 e. The Kier molecular flexibility index (Phi) is 6.02. The van der Waals surface area contributed by atoms with Gasteiger partial charge in [0.1, 0.15) is 6.10 Å². The van der Waals surface area contributed by atoms with Gasteiger partial charge in [-0.2, -0.15) is 0 Å². The molecule has 0 aromatic heterocycles. The van der Waals surface area contributed by atoms with Crippen LogP contribution in [0.1, 0.15) is 18.4 Å². The Balaban J connectivity index is 1.72. The molecule has 1 unspecified atom stereocenters. The maximum atomic E-state index is 11.8. The maximum absolute atomic E-state index is 11.8. The molecular formula is C16H25N3O2. The second kappa shape index (κ2) is 8.00. The molecule has 1 fully saturated rings. The molecule has 1 amide bonds. The van der Waals surface area contributed by atoms with Crippen molar-refractivity contribution in [3.8, 4) is 0 Å². The van der Waals surface area contributed by atoms with Crippen LogP contribution in [0, 0.1) is 0 Å². The van der Waals surface area contributed by atoms with E-state index in [1.54, 1.807) is 0 Å². The second-order valence-electron chi connectivity index (χ2n) is 5.65. The van der Waals surface area contributed by atoms with E-state index in [4.69, 9.17) is 4.74 Å². The van der Waals surface area contributed by atoms with Gasteiger partial charge >= 0.3 is 0 Å². The van der Waals surface area contributed by atoms with Gasteiger partial charge in [-0.1, -0.05) is 12.1 Å². The van der Waals surface area contributed by atoms with Gasteiger partial charge in [0.2, 0.25) is 5.91 Å². The van der Waals surface area contributed by atoms with Gasteiger partial charge in [-0.25, -0.2) is 0 Å². The minimum atomic E-state index is -0.253. The molecular weight excluding hydrogens is 266 g/mol. The largest absolute Gasteiger partial charge is 0.384 e. The van der Waals surface area contributed by atoms with Crippen LogP contribution in [0.5, 0.6) is 0 Å². The summed E-state index contributed by atoms with van der Waals surface area (Å²) in [5.41, 5.74) is 2.20. The van der Waals surface area contributed by atoms with Crippen molar-refractivity contribution in [1.29, 1.82) is 0 Å². The average Bonchev–Trinajstić information content (AvgIpc) is 3.00. The SMILES string of the molecule is CN(C)CCNc1ccc(CNC(=O)C2CCCO2)cc1. The number of carbonyl (C=O) groups is 1. The molecule has 0 bridgehead atoms. The molecule has 5 heteroatoms. The number of benzene rings is 1. The van der Waals surface area contributed by atoms with Crippen molar-refractivity contribution in [2.24, 2.45) is 0 Å². The molecule has 1 aliphatic rings. The quantitative estimate of drug-likeness (QED) is 0.798. The van der Waals surface area contributed by atoms with Crippen LogP contribution in [0.25, 0.3) is 0 Å². The summed E-state index contributed by atoms with van der Waals surface area (Å²) in [6, 6.07) is 8.16. The van der Waals surface area contributed by atoms with E-state index in [-0.39, 0.29) is 12.0 Å². The molecule has 0 saturated carbocycles. The molecule has 1 saturated heterocycles. The first-order valence-electron chi connectivity index (χ1n) is 7.52. The summed E-state index contributed by atoms with van der Waals surface area (Å²) in [7, 11) is 4.11. The lowest BCUT2D eigenvalue weighted by molar-refractivity contribution is -0.130. The highest BCUT2D eigenvalue weighted by Gasteiger charge is 2.22. The molecule has 21 heavy (non-hydrogen) atoms. The second-order valence-corrected chi connectivity index (χ2v) is 5.65. The summed E-state index contributed by atoms with van der Waals surface area (Å²) < 4.78 is 5.36. The number of rotatable bonds is 7. The van der Waals surface area contributed by atoms with E-state index in [9.17, 15) is 4.79 Å². The Hall–Kier alpha value is -1.59. The molecule has 1 atom stereocenters. The third-order valence-electron chi connectivity index (χ3n) is 3.53. The van der Waals surface area contributed by atoms with Crippen LogP contribution in [0.3, 0.4) is 0 Å². The lowest BCUT2D eigenvalue weighted by atomic mass is 10.2. The van der Waals surface area contributed by atoms with Gasteiger partial charge in [-0.3, -0.25) is 4.79 Å². The van der Waals surface area contributed by atoms with Crippen LogP contribution in [-0.4, -0.2) is 50.7 Å². The molecule has 1 aliphatic heterocycles. The van der Waals surface area contributed by atoms with Crippen molar-refractivity contribution in [3.63, 3.8) is 0 Å². The van der Waals surface area contributed by atoms with Gasteiger partial charge in [-0.15, -0.1) is 0 Å². The normalized spacial score (nSPS) is 18.0. The molecule has 0 radical (unpaired) electrons. The Bertz CT molecular complexity index is 439. The molecule has 0 spiro atoms. The number of nitrogens with one attached hydrogen (secondary N) is 2. The number of likely N-dealkylation sites (N-methyl/N-ethyl adjacent to an activating group) is 1. The topological polar surface area (TPSA) is 53.6 Å². The first kappa shape index (κ1) is 15.8. The number of amides is 1. The van der Waals surface area contributed by atoms with Gasteiger partial charge in [0.15, 0.2) is 0 Å². The molecule has 0 aliphatic carbocycles. The number of ether oxygens (including phenoxy) is 1. The van der Waals surface area contributed by atoms with Gasteiger partial charge in [0, 0.05) is 31.9 Å². The molecule has 116 valence electrons. The van der Waals surface area contributed by atoms with Crippen molar-refractivity contribution in [2.45, 2.75) is 25.5 Å². The number of carbonyl (C=O) groups excluding carboxylic acids is 1. The Labute approximate surface area is 126 Å². The van der Waals surface area contributed by atoms with Crippen LogP contribution in [-0.2, 0) is 16.1 Å². The summed E-state index contributed by atoms with van der Waals surface area (Å²) in [5.74, 6) is 0.000634. The number of hydrogen-bond donors (Lipinski definition) is 2. The minimum Gasteiger partial charge on any atom is -0.384 e. The zero-order valence-electron chi connectivity index (χ0n) is 12.9. The monoisotopic (exact) mass is 291 g/mol. The van der Waals surface area contributed by atoms with Crippen molar-refractivity contribution in [2.75, 3.05) is 39.1 Å². The van der Waals surface area contributed by atoms with E-state index in [2.05, 4.69) is 29.6 Å². The van der Waals surface area contributed by atoms with Gasteiger partial charge in [0.05, 0.1) is 0 Å². The van der Waals surface area contributed by atoms with Gasteiger partial charge < -0.3 is 20.3 Å². The van der Waals surface area contributed by atoms with Crippen molar-refractivity contribution < 1.29 is 9.53 Å². The highest BCUT2D eigenvalue weighted by atomic mass is 16.5. The minimum absolute atomic E-state index is 0.000634. The highest BCUT2D eigenvalue weighted by Crippen LogP contribution is 2.13. The summed E-state index contributed by atoms with van der Waals surface area (Å²) in [4.78, 5) is 14.0. The van der Waals surface area contributed by atoms with Crippen LogP contribution < -0.4 is 10.6 Å². The predicted molar refractivity (Wildman–Crippen MR) is 84.3 cm³/mol. The third-order valence-corrected chi connectivity index (χ3v) is 3.53. The van der Waals surface area contributed by atoms with E-state index < -0.39 is 0 Å². The Morgan fingerprint density at radius 1 is 1.33 bits per heavy atom. The molecule has 1 heterocycles. The lowest BCUT2D eigenvalue weighted by Gasteiger charge is -2.12. The van der Waals surface area contributed by atoms with Crippen LogP contribution in [0.2, 0.25) is 0 Å². The Morgan fingerprint density at radius 3 is 2.71 bits per heavy atom. The molecule has 1 aromatic rings. The van der Waals surface area contributed by atoms with E-state index in [1.165, 1.54) is 0 Å². The molecule has 2 N–H and O–H groups in total. The third kappa shape index (κ3) is 5.36. The fourth-order valence-electron chi connectivity index (χ4n) is 2.25. The fraction of sp³-hybridized carbons (Fsp3) is 0.562. The lowest BCUT2D eigenvalue weighted by Crippen LogP contribution is -2.33. The summed E-state index contributed by atoms with van der Waals surface area (Å²) in [6.45, 7) is 3.17. The average molecular weight is 291 g/mol. The van der Waals surface area contributed by atoms with Crippen LogP contribution in [0.4, 0.5) is 5.69 Å². The zero-order valence-corrected chi connectivity index (χ0v) is 12.9. The van der Waals surface area contributed by atoms with Crippen molar-refractivity contribution in [1.82, 2.24) is 10.2 Å². The van der Waals surface area contributed by atoms with E-state index >= 15 is 0 Å². The highest BCUT2D eigenvalue weighted by molar-refractivity contribution is 5.80. The number of hydrogen-bond acceptors (Lipinski definition) is 4. The standard InChI is InChI=1S/C16H25N3O2/c1-19(2)10-9-17-14-7-5-13(6-8-14)12-18-16(20)15-4-3-11-21-15/h5-8,15,17H,3-4,9-12H2,1-2H3,(H,18,20). The summed E-state index contributed by atoms with van der Waals surface area (Å²) >= 11 is 0. The number of nitrogens with zero attached hydrogens (tertiary/aromatic N) is 1. The van der Waals surface area contributed by atoms with E-state index in [0.717, 1.165) is 37.2 Å². The molecule has 5 nitrogen and oxygen atoms in total. The zero-order chi connectivity index (χ0) is 15.1. The molecule has 2 rings (SSSR count). The fourth-order valence-corrected chi connectivity index (χ4v) is 2.25. The number of anilines is 1. The first-order chi connectivity index (χ1) is 10.1. The summed E-state index contributed by atoms with van der Waals surface area (Å²) in [6.07, 6.45) is 1.56. The van der Waals surface area contributed by atoms with Crippen LogP contribution in [0.15, 0.2) is 24.3 Å². The summed E-state index contributed by atoms with van der Waals surface area (Å²) in [5, 5.41) is 6.29. The van der Waals surface area contributed by atoms with E-state index in [0.29, 0.717) is 13.2 Å². The van der Waals surface area contributed by atoms with Gasteiger partial charge in [-0.05, 0) is 44.6 Å².